The Morgan fingerprint density at radius 2 is 1.83 bits per heavy atom. The summed E-state index contributed by atoms with van der Waals surface area (Å²) in [4.78, 5) is 19.2. The van der Waals surface area contributed by atoms with Crippen LogP contribution in [0.15, 0.2) is 36.8 Å². The molecule has 0 fully saturated rings. The Morgan fingerprint density at radius 1 is 1.12 bits per heavy atom. The van der Waals surface area contributed by atoms with Crippen LogP contribution in [0.4, 0.5) is 8.78 Å². The van der Waals surface area contributed by atoms with Crippen molar-refractivity contribution in [1.29, 1.82) is 0 Å². The van der Waals surface area contributed by atoms with E-state index in [1.165, 1.54) is 24.4 Å². The average Bonchev–Trinajstić information content (AvgIpc) is 2.83. The van der Waals surface area contributed by atoms with E-state index in [1.54, 1.807) is 18.5 Å². The Labute approximate surface area is 136 Å². The van der Waals surface area contributed by atoms with Crippen molar-refractivity contribution >= 4 is 5.97 Å². The molecule has 3 rings (SSSR count). The van der Waals surface area contributed by atoms with Gasteiger partial charge >= 0.3 is 5.97 Å². The Morgan fingerprint density at radius 3 is 2.46 bits per heavy atom. The summed E-state index contributed by atoms with van der Waals surface area (Å²) < 4.78 is 28.8. The minimum Gasteiger partial charge on any atom is -0.478 e. The highest BCUT2D eigenvalue weighted by molar-refractivity contribution is 5.92. The molecule has 0 aliphatic carbocycles. The fourth-order valence-corrected chi connectivity index (χ4v) is 2.57. The number of carbonyl (C=O) groups is 1. The van der Waals surface area contributed by atoms with E-state index in [4.69, 9.17) is 0 Å². The lowest BCUT2D eigenvalue weighted by atomic mass is 10.0. The molecule has 0 spiro atoms. The molecule has 0 bridgehead atoms. The van der Waals surface area contributed by atoms with Crippen molar-refractivity contribution in [3.63, 3.8) is 0 Å². The molecule has 0 aromatic carbocycles. The van der Waals surface area contributed by atoms with Gasteiger partial charge in [0.15, 0.2) is 0 Å². The lowest BCUT2D eigenvalue weighted by Crippen LogP contribution is -2.00. The molecule has 3 heterocycles. The highest BCUT2D eigenvalue weighted by Crippen LogP contribution is 2.32. The van der Waals surface area contributed by atoms with E-state index in [0.717, 1.165) is 12.4 Å². The summed E-state index contributed by atoms with van der Waals surface area (Å²) in [7, 11) is 1.69. The number of nitrogens with zero attached hydrogens (tertiary/aromatic N) is 3. The third kappa shape index (κ3) is 2.64. The molecule has 0 radical (unpaired) electrons. The van der Waals surface area contributed by atoms with Gasteiger partial charge in [0.2, 0.25) is 0 Å². The van der Waals surface area contributed by atoms with Crippen LogP contribution in [0.2, 0.25) is 0 Å². The second-order valence-corrected chi connectivity index (χ2v) is 5.33. The van der Waals surface area contributed by atoms with Crippen molar-refractivity contribution < 1.29 is 18.7 Å². The molecular weight excluding hydrogens is 316 g/mol. The first-order valence-electron chi connectivity index (χ1n) is 7.05. The summed E-state index contributed by atoms with van der Waals surface area (Å²) >= 11 is 0. The molecule has 0 aliphatic rings. The number of halogens is 2. The molecule has 0 saturated carbocycles. The Hall–Kier alpha value is -3.09. The molecule has 3 aromatic heterocycles. The minimum atomic E-state index is -1.06. The number of hydrogen-bond donors (Lipinski definition) is 1. The lowest BCUT2D eigenvalue weighted by Gasteiger charge is -2.10. The predicted octanol–water partition coefficient (Wildman–Crippen LogP) is 3.43. The predicted molar refractivity (Wildman–Crippen MR) is 83.5 cm³/mol. The molecule has 0 atom stereocenters. The first-order valence-corrected chi connectivity index (χ1v) is 7.05. The van der Waals surface area contributed by atoms with Crippen LogP contribution in [-0.4, -0.2) is 25.6 Å². The SMILES string of the molecule is Cc1c(C(=O)O)cc(-c2ncc(F)cc2-c2cncc(F)c2)n1C. The number of carboxylic acids is 1. The van der Waals surface area contributed by atoms with Crippen LogP contribution in [0.5, 0.6) is 0 Å². The maximum atomic E-state index is 13.7. The number of hydrogen-bond acceptors (Lipinski definition) is 3. The molecule has 122 valence electrons. The summed E-state index contributed by atoms with van der Waals surface area (Å²) in [6.07, 6.45) is 3.48. The number of aromatic carboxylic acids is 1. The van der Waals surface area contributed by atoms with Gasteiger partial charge in [-0.1, -0.05) is 0 Å². The van der Waals surface area contributed by atoms with Crippen LogP contribution < -0.4 is 0 Å². The average molecular weight is 329 g/mol. The molecule has 3 aromatic rings. The number of pyridine rings is 2. The van der Waals surface area contributed by atoms with E-state index in [1.807, 2.05) is 0 Å². The van der Waals surface area contributed by atoms with Crippen molar-refractivity contribution in [3.05, 3.63) is 59.7 Å². The van der Waals surface area contributed by atoms with E-state index in [2.05, 4.69) is 9.97 Å². The number of aromatic nitrogens is 3. The molecule has 0 aliphatic heterocycles. The van der Waals surface area contributed by atoms with Crippen LogP contribution in [0.25, 0.3) is 22.5 Å². The molecule has 0 unspecified atom stereocenters. The summed E-state index contributed by atoms with van der Waals surface area (Å²) in [5.41, 5.74) is 2.19. The molecule has 24 heavy (non-hydrogen) atoms. The molecule has 1 N–H and O–H groups in total. The smallest absolute Gasteiger partial charge is 0.337 e. The summed E-state index contributed by atoms with van der Waals surface area (Å²) in [5.74, 6) is -2.20. The first-order chi connectivity index (χ1) is 11.4. The van der Waals surface area contributed by atoms with E-state index in [0.29, 0.717) is 28.2 Å². The normalized spacial score (nSPS) is 10.8. The van der Waals surface area contributed by atoms with Crippen molar-refractivity contribution in [2.75, 3.05) is 0 Å². The third-order valence-electron chi connectivity index (χ3n) is 3.88. The van der Waals surface area contributed by atoms with Gasteiger partial charge in [0, 0.05) is 30.1 Å². The largest absolute Gasteiger partial charge is 0.478 e. The van der Waals surface area contributed by atoms with Gasteiger partial charge in [0.25, 0.3) is 0 Å². The van der Waals surface area contributed by atoms with Gasteiger partial charge in [-0.15, -0.1) is 0 Å². The van der Waals surface area contributed by atoms with Crippen LogP contribution in [0.3, 0.4) is 0 Å². The summed E-state index contributed by atoms with van der Waals surface area (Å²) in [6, 6.07) is 3.91. The van der Waals surface area contributed by atoms with Crippen LogP contribution in [0.1, 0.15) is 16.1 Å². The van der Waals surface area contributed by atoms with E-state index in [9.17, 15) is 18.7 Å². The first kappa shape index (κ1) is 15.8. The van der Waals surface area contributed by atoms with E-state index < -0.39 is 17.6 Å². The van der Waals surface area contributed by atoms with Gasteiger partial charge in [-0.05, 0) is 25.1 Å². The fraction of sp³-hybridized carbons (Fsp3) is 0.118. The van der Waals surface area contributed by atoms with Crippen molar-refractivity contribution in [1.82, 2.24) is 14.5 Å². The van der Waals surface area contributed by atoms with Gasteiger partial charge in [-0.2, -0.15) is 0 Å². The van der Waals surface area contributed by atoms with E-state index >= 15 is 0 Å². The van der Waals surface area contributed by atoms with Crippen LogP contribution in [-0.2, 0) is 7.05 Å². The zero-order valence-electron chi connectivity index (χ0n) is 12.9. The monoisotopic (exact) mass is 329 g/mol. The topological polar surface area (TPSA) is 68.0 Å². The molecule has 0 amide bonds. The summed E-state index contributed by atoms with van der Waals surface area (Å²) in [6.45, 7) is 1.67. The standard InChI is InChI=1S/C17H13F2N3O2/c1-9-13(17(23)24)5-15(22(9)2)16-14(4-12(19)8-21-16)10-3-11(18)7-20-6-10/h3-8H,1-2H3,(H,23,24). The molecule has 0 saturated heterocycles. The fourth-order valence-electron chi connectivity index (χ4n) is 2.57. The second-order valence-electron chi connectivity index (χ2n) is 5.33. The highest BCUT2D eigenvalue weighted by atomic mass is 19.1. The van der Waals surface area contributed by atoms with Gasteiger partial charge < -0.3 is 9.67 Å². The van der Waals surface area contributed by atoms with Crippen molar-refractivity contribution in [2.45, 2.75) is 6.92 Å². The highest BCUT2D eigenvalue weighted by Gasteiger charge is 2.20. The van der Waals surface area contributed by atoms with Crippen molar-refractivity contribution in [3.8, 4) is 22.5 Å². The van der Waals surface area contributed by atoms with Gasteiger partial charge in [0.1, 0.15) is 11.6 Å². The van der Waals surface area contributed by atoms with Gasteiger partial charge in [0.05, 0.1) is 29.3 Å². The van der Waals surface area contributed by atoms with Crippen molar-refractivity contribution in [2.24, 2.45) is 7.05 Å². The van der Waals surface area contributed by atoms with Crippen LogP contribution in [0, 0.1) is 18.6 Å². The Kier molecular flexibility index (Phi) is 3.84. The zero-order valence-corrected chi connectivity index (χ0v) is 12.9. The lowest BCUT2D eigenvalue weighted by molar-refractivity contribution is 0.0696. The number of rotatable bonds is 3. The molecule has 7 heteroatoms. The minimum absolute atomic E-state index is 0.127. The number of carboxylic acid groups (broad SMARTS) is 1. The molecule has 5 nitrogen and oxygen atoms in total. The Balaban J connectivity index is 2.27. The quantitative estimate of drug-likeness (QED) is 0.799. The van der Waals surface area contributed by atoms with E-state index in [-0.39, 0.29) is 5.56 Å². The second kappa shape index (κ2) is 5.84. The Bertz CT molecular complexity index is 951. The maximum Gasteiger partial charge on any atom is 0.337 e. The van der Waals surface area contributed by atoms with Gasteiger partial charge in [-0.25, -0.2) is 13.6 Å². The van der Waals surface area contributed by atoms with Crippen LogP contribution >= 0.6 is 0 Å². The van der Waals surface area contributed by atoms with Gasteiger partial charge in [-0.3, -0.25) is 9.97 Å². The third-order valence-corrected chi connectivity index (χ3v) is 3.88. The zero-order chi connectivity index (χ0) is 17.4. The molecular formula is C17H13F2N3O2. The maximum absolute atomic E-state index is 13.7. The summed E-state index contributed by atoms with van der Waals surface area (Å²) in [5, 5.41) is 9.26.